The van der Waals surface area contributed by atoms with E-state index in [-0.39, 0.29) is 17.1 Å². The molecule has 0 radical (unpaired) electrons. The Morgan fingerprint density at radius 2 is 1.78 bits per heavy atom. The first-order valence-electron chi connectivity index (χ1n) is 8.10. The monoisotopic (exact) mass is 317 g/mol. The SMILES string of the molecule is CCC/C=C/C(C(C)=O)=C(/c1ccc(F)cc1)N(C)C(C)(C)C. The van der Waals surface area contributed by atoms with Crippen molar-refractivity contribution in [1.82, 2.24) is 4.90 Å². The molecule has 0 unspecified atom stereocenters. The minimum atomic E-state index is -0.280. The molecule has 1 aromatic carbocycles. The van der Waals surface area contributed by atoms with Crippen molar-refractivity contribution < 1.29 is 9.18 Å². The normalized spacial score (nSPS) is 13.2. The van der Waals surface area contributed by atoms with Crippen LogP contribution in [0.5, 0.6) is 0 Å². The number of carbonyl (C=O) groups is 1. The van der Waals surface area contributed by atoms with Crippen molar-refractivity contribution >= 4 is 11.5 Å². The van der Waals surface area contributed by atoms with Gasteiger partial charge in [-0.2, -0.15) is 0 Å². The molecular formula is C20H28FNO. The number of ketones is 1. The van der Waals surface area contributed by atoms with Crippen molar-refractivity contribution in [2.45, 2.75) is 53.0 Å². The molecule has 0 atom stereocenters. The third-order valence-electron chi connectivity index (χ3n) is 3.83. The average Bonchev–Trinajstić information content (AvgIpc) is 2.46. The highest BCUT2D eigenvalue weighted by Gasteiger charge is 2.24. The topological polar surface area (TPSA) is 20.3 Å². The van der Waals surface area contributed by atoms with Gasteiger partial charge in [-0.1, -0.05) is 25.5 Å². The van der Waals surface area contributed by atoms with Gasteiger partial charge >= 0.3 is 0 Å². The van der Waals surface area contributed by atoms with Crippen LogP contribution in [-0.2, 0) is 4.79 Å². The van der Waals surface area contributed by atoms with Crippen LogP contribution in [0.15, 0.2) is 42.0 Å². The molecule has 1 aromatic rings. The fraction of sp³-hybridized carbons (Fsp3) is 0.450. The van der Waals surface area contributed by atoms with Gasteiger partial charge in [-0.25, -0.2) is 4.39 Å². The van der Waals surface area contributed by atoms with Crippen molar-refractivity contribution in [2.75, 3.05) is 7.05 Å². The van der Waals surface area contributed by atoms with Gasteiger partial charge in [-0.3, -0.25) is 4.79 Å². The number of nitrogens with zero attached hydrogens (tertiary/aromatic N) is 1. The molecule has 126 valence electrons. The minimum Gasteiger partial charge on any atom is -0.369 e. The lowest BCUT2D eigenvalue weighted by atomic mass is 9.97. The van der Waals surface area contributed by atoms with Gasteiger partial charge in [0.05, 0.1) is 5.70 Å². The lowest BCUT2D eigenvalue weighted by Gasteiger charge is -2.37. The lowest BCUT2D eigenvalue weighted by molar-refractivity contribution is -0.113. The molecule has 0 aliphatic rings. The van der Waals surface area contributed by atoms with Crippen LogP contribution in [0, 0.1) is 5.82 Å². The summed E-state index contributed by atoms with van der Waals surface area (Å²) in [5, 5.41) is 0. The zero-order valence-corrected chi connectivity index (χ0v) is 15.1. The first kappa shape index (κ1) is 19.1. The van der Waals surface area contributed by atoms with E-state index in [9.17, 15) is 9.18 Å². The van der Waals surface area contributed by atoms with Crippen LogP contribution in [-0.4, -0.2) is 23.3 Å². The van der Waals surface area contributed by atoms with Crippen LogP contribution in [0.25, 0.3) is 5.70 Å². The number of Topliss-reactive ketones (excluding diaryl/α,β-unsaturated/α-hetero) is 1. The molecule has 0 N–H and O–H groups in total. The molecule has 0 fully saturated rings. The molecule has 2 nitrogen and oxygen atoms in total. The summed E-state index contributed by atoms with van der Waals surface area (Å²) in [4.78, 5) is 14.3. The molecule has 0 aromatic heterocycles. The van der Waals surface area contributed by atoms with Gasteiger partial charge in [0.1, 0.15) is 5.82 Å². The molecular weight excluding hydrogens is 289 g/mol. The second-order valence-electron chi connectivity index (χ2n) is 6.75. The van der Waals surface area contributed by atoms with Gasteiger partial charge in [-0.15, -0.1) is 0 Å². The summed E-state index contributed by atoms with van der Waals surface area (Å²) >= 11 is 0. The zero-order valence-electron chi connectivity index (χ0n) is 15.1. The first-order chi connectivity index (χ1) is 10.7. The van der Waals surface area contributed by atoms with E-state index in [1.54, 1.807) is 19.1 Å². The largest absolute Gasteiger partial charge is 0.369 e. The van der Waals surface area contributed by atoms with Crippen LogP contribution in [0.3, 0.4) is 0 Å². The Morgan fingerprint density at radius 1 is 1.22 bits per heavy atom. The molecule has 0 saturated carbocycles. The predicted molar refractivity (Wildman–Crippen MR) is 95.6 cm³/mol. The molecule has 3 heteroatoms. The lowest BCUT2D eigenvalue weighted by Crippen LogP contribution is -2.37. The van der Waals surface area contributed by atoms with Crippen molar-refractivity contribution in [3.8, 4) is 0 Å². The number of carbonyl (C=O) groups excluding carboxylic acids is 1. The Bertz CT molecular complexity index is 591. The minimum absolute atomic E-state index is 0.00720. The van der Waals surface area contributed by atoms with Gasteiger partial charge in [-0.05, 0) is 63.9 Å². The molecule has 1 rings (SSSR count). The Labute approximate surface area is 139 Å². The summed E-state index contributed by atoms with van der Waals surface area (Å²) in [5.41, 5.74) is 2.17. The fourth-order valence-electron chi connectivity index (χ4n) is 2.20. The number of unbranched alkanes of at least 4 members (excludes halogenated alkanes) is 1. The van der Waals surface area contributed by atoms with Crippen LogP contribution in [0.2, 0.25) is 0 Å². The summed E-state index contributed by atoms with van der Waals surface area (Å²) in [5.74, 6) is -0.273. The Morgan fingerprint density at radius 3 is 2.22 bits per heavy atom. The smallest absolute Gasteiger partial charge is 0.161 e. The van der Waals surface area contributed by atoms with Crippen molar-refractivity contribution in [3.05, 3.63) is 53.4 Å². The standard InChI is InChI=1S/C20H28FNO/c1-7-8-9-10-18(15(2)23)19(22(6)20(3,4)5)16-11-13-17(21)14-12-16/h9-14H,7-8H2,1-6H3/b10-9+,19-18+. The van der Waals surface area contributed by atoms with Crippen molar-refractivity contribution in [3.63, 3.8) is 0 Å². The molecule has 0 spiro atoms. The van der Waals surface area contributed by atoms with E-state index in [0.717, 1.165) is 24.1 Å². The van der Waals surface area contributed by atoms with Gasteiger partial charge in [0, 0.05) is 18.2 Å². The molecule has 0 saturated heterocycles. The summed E-state index contributed by atoms with van der Waals surface area (Å²) in [6.07, 6.45) is 5.87. The first-order valence-corrected chi connectivity index (χ1v) is 8.10. The number of halogens is 1. The van der Waals surface area contributed by atoms with Crippen LogP contribution in [0.4, 0.5) is 4.39 Å². The number of allylic oxidation sites excluding steroid dienone is 3. The number of hydrogen-bond donors (Lipinski definition) is 0. The molecule has 0 aliphatic carbocycles. The van der Waals surface area contributed by atoms with Gasteiger partial charge in [0.25, 0.3) is 0 Å². The number of rotatable bonds is 6. The van der Waals surface area contributed by atoms with Crippen molar-refractivity contribution in [1.29, 1.82) is 0 Å². The molecule has 23 heavy (non-hydrogen) atoms. The summed E-state index contributed by atoms with van der Waals surface area (Å²) in [6.45, 7) is 9.94. The molecule has 0 aliphatic heterocycles. The van der Waals surface area contributed by atoms with E-state index in [1.165, 1.54) is 12.1 Å². The Balaban J connectivity index is 3.54. The van der Waals surface area contributed by atoms with E-state index in [2.05, 4.69) is 32.6 Å². The highest BCUT2D eigenvalue weighted by atomic mass is 19.1. The zero-order chi connectivity index (χ0) is 17.6. The highest BCUT2D eigenvalue weighted by Crippen LogP contribution is 2.29. The second kappa shape index (κ2) is 8.09. The van der Waals surface area contributed by atoms with Crippen LogP contribution < -0.4 is 0 Å². The number of benzene rings is 1. The van der Waals surface area contributed by atoms with E-state index in [1.807, 2.05) is 19.2 Å². The quantitative estimate of drug-likeness (QED) is 0.530. The van der Waals surface area contributed by atoms with Gasteiger partial charge in [0.15, 0.2) is 5.78 Å². The third kappa shape index (κ3) is 5.34. The summed E-state index contributed by atoms with van der Waals surface area (Å²) < 4.78 is 13.3. The predicted octanol–water partition coefficient (Wildman–Crippen LogP) is 5.21. The maximum Gasteiger partial charge on any atom is 0.161 e. The Kier molecular flexibility index (Phi) is 6.74. The fourth-order valence-corrected chi connectivity index (χ4v) is 2.20. The van der Waals surface area contributed by atoms with E-state index < -0.39 is 0 Å². The van der Waals surface area contributed by atoms with Gasteiger partial charge in [0.2, 0.25) is 0 Å². The van der Waals surface area contributed by atoms with E-state index in [0.29, 0.717) is 5.57 Å². The average molecular weight is 317 g/mol. The molecule has 0 bridgehead atoms. The third-order valence-corrected chi connectivity index (χ3v) is 3.83. The second-order valence-corrected chi connectivity index (χ2v) is 6.75. The van der Waals surface area contributed by atoms with Crippen LogP contribution in [0.1, 0.15) is 53.0 Å². The van der Waals surface area contributed by atoms with E-state index in [4.69, 9.17) is 0 Å². The van der Waals surface area contributed by atoms with Crippen molar-refractivity contribution in [2.24, 2.45) is 0 Å². The number of hydrogen-bond acceptors (Lipinski definition) is 2. The van der Waals surface area contributed by atoms with E-state index >= 15 is 0 Å². The highest BCUT2D eigenvalue weighted by molar-refractivity contribution is 6.03. The maximum atomic E-state index is 13.3. The summed E-state index contributed by atoms with van der Waals surface area (Å²) in [7, 11) is 1.97. The Hall–Kier alpha value is -1.90. The maximum absolute atomic E-state index is 13.3. The molecule has 0 amide bonds. The summed E-state index contributed by atoms with van der Waals surface area (Å²) in [6, 6.07) is 6.31. The molecule has 0 heterocycles. The van der Waals surface area contributed by atoms with Gasteiger partial charge < -0.3 is 4.90 Å². The van der Waals surface area contributed by atoms with Crippen LogP contribution >= 0.6 is 0 Å².